The van der Waals surface area contributed by atoms with Gasteiger partial charge in [0.2, 0.25) is 0 Å². The number of hydrogen-bond donors (Lipinski definition) is 0. The van der Waals surface area contributed by atoms with Gasteiger partial charge >= 0.3 is 0 Å². The third kappa shape index (κ3) is 16.7. The van der Waals surface area contributed by atoms with Crippen LogP contribution in [0, 0.1) is 26.2 Å². The predicted octanol–water partition coefficient (Wildman–Crippen LogP) is 10.9. The summed E-state index contributed by atoms with van der Waals surface area (Å²) >= 11 is 0. The summed E-state index contributed by atoms with van der Waals surface area (Å²) in [6, 6.07) is 15.0. The van der Waals surface area contributed by atoms with Gasteiger partial charge in [0, 0.05) is 0 Å². The molecule has 0 heterocycles. The average molecular weight is 447 g/mol. The third-order valence-electron chi connectivity index (χ3n) is 4.37. The molecule has 0 aliphatic heterocycles. The Labute approximate surface area is 206 Å². The lowest BCUT2D eigenvalue weighted by molar-refractivity contribution is 0.469. The first-order valence-electron chi connectivity index (χ1n) is 12.0. The molecule has 2 aromatic rings. The summed E-state index contributed by atoms with van der Waals surface area (Å²) < 4.78 is 0. The summed E-state index contributed by atoms with van der Waals surface area (Å²) in [4.78, 5) is 0. The number of benzene rings is 2. The van der Waals surface area contributed by atoms with Crippen molar-refractivity contribution in [3.05, 3.63) is 107 Å². The molecule has 0 amide bonds. The van der Waals surface area contributed by atoms with Gasteiger partial charge in [-0.05, 0) is 74.8 Å². The molecule has 2 rings (SSSR count). The Kier molecular flexibility index (Phi) is 16.7. The first-order chi connectivity index (χ1) is 15.3. The van der Waals surface area contributed by atoms with Gasteiger partial charge in [-0.15, -0.1) is 0 Å². The van der Waals surface area contributed by atoms with Crippen molar-refractivity contribution in [2.24, 2.45) is 5.41 Å². The fraction of sp³-hybridized carbons (Fsp3) is 0.394. The standard InChI is InChI=1S/C18H22.C8H10.C5H12.C2H6/c1-7-8-9-14(4)16(6)18-11-10-17(13(2)3)12-15(18)5;1-7-4-3-5-8(2)6-7;1-5(2,3)4;1-2/h7-12H,1-2H2,3-6H3;3-6H,1-2H3;1-4H3;1-2H3/b9-8-,16-14+;;;. The lowest BCUT2D eigenvalue weighted by Crippen LogP contribution is -1.93. The number of hydrogen-bond acceptors (Lipinski definition) is 0. The molecule has 0 radical (unpaired) electrons. The number of rotatable bonds is 4. The predicted molar refractivity (Wildman–Crippen MR) is 156 cm³/mol. The summed E-state index contributed by atoms with van der Waals surface area (Å²) in [5.41, 5.74) is 10.7. The van der Waals surface area contributed by atoms with Crippen LogP contribution in [0.2, 0.25) is 0 Å². The van der Waals surface area contributed by atoms with Crippen molar-refractivity contribution >= 4 is 11.1 Å². The van der Waals surface area contributed by atoms with Crippen molar-refractivity contribution in [1.82, 2.24) is 0 Å². The molecule has 0 unspecified atom stereocenters. The fourth-order valence-corrected chi connectivity index (χ4v) is 2.71. The summed E-state index contributed by atoms with van der Waals surface area (Å²) in [5.74, 6) is 0. The van der Waals surface area contributed by atoms with E-state index in [0.29, 0.717) is 5.41 Å². The molecule has 33 heavy (non-hydrogen) atoms. The molecule has 182 valence electrons. The highest BCUT2D eigenvalue weighted by Crippen LogP contribution is 2.25. The quantitative estimate of drug-likeness (QED) is 0.410. The minimum absolute atomic E-state index is 0.500. The van der Waals surface area contributed by atoms with Crippen LogP contribution in [0.25, 0.3) is 11.1 Å². The Morgan fingerprint density at radius 2 is 1.30 bits per heavy atom. The minimum Gasteiger partial charge on any atom is -0.0991 e. The van der Waals surface area contributed by atoms with Crippen LogP contribution in [0.4, 0.5) is 0 Å². The van der Waals surface area contributed by atoms with E-state index in [4.69, 9.17) is 0 Å². The molecule has 0 fully saturated rings. The van der Waals surface area contributed by atoms with Gasteiger partial charge in [-0.25, -0.2) is 0 Å². The molecule has 0 aliphatic carbocycles. The Morgan fingerprint density at radius 3 is 1.64 bits per heavy atom. The Balaban J connectivity index is 0. The average Bonchev–Trinajstić information content (AvgIpc) is 2.72. The van der Waals surface area contributed by atoms with E-state index in [1.54, 1.807) is 6.08 Å². The third-order valence-corrected chi connectivity index (χ3v) is 4.37. The first-order valence-corrected chi connectivity index (χ1v) is 12.0. The monoisotopic (exact) mass is 446 g/mol. The van der Waals surface area contributed by atoms with Crippen molar-refractivity contribution < 1.29 is 0 Å². The summed E-state index contributed by atoms with van der Waals surface area (Å²) in [7, 11) is 0. The van der Waals surface area contributed by atoms with E-state index in [0.717, 1.165) is 5.57 Å². The molecule has 0 N–H and O–H groups in total. The minimum atomic E-state index is 0.500. The molecule has 0 aromatic heterocycles. The maximum absolute atomic E-state index is 3.98. The van der Waals surface area contributed by atoms with Crippen molar-refractivity contribution in [3.63, 3.8) is 0 Å². The van der Waals surface area contributed by atoms with Crippen molar-refractivity contribution in [2.75, 3.05) is 0 Å². The normalized spacial score (nSPS) is 11.0. The van der Waals surface area contributed by atoms with Gasteiger partial charge in [-0.1, -0.05) is 132 Å². The van der Waals surface area contributed by atoms with Crippen LogP contribution in [0.5, 0.6) is 0 Å². The number of aryl methyl sites for hydroxylation is 3. The van der Waals surface area contributed by atoms with Crippen LogP contribution >= 0.6 is 0 Å². The molecule has 0 nitrogen and oxygen atoms in total. The van der Waals surface area contributed by atoms with Gasteiger partial charge in [-0.2, -0.15) is 0 Å². The van der Waals surface area contributed by atoms with Gasteiger partial charge in [0.05, 0.1) is 0 Å². The second kappa shape index (κ2) is 17.0. The van der Waals surface area contributed by atoms with E-state index < -0.39 is 0 Å². The fourth-order valence-electron chi connectivity index (χ4n) is 2.71. The molecule has 0 atom stereocenters. The zero-order valence-corrected chi connectivity index (χ0v) is 23.7. The summed E-state index contributed by atoms with van der Waals surface area (Å²) in [5, 5.41) is 0. The molecule has 0 heteroatoms. The number of allylic oxidation sites excluding steroid dienone is 6. The topological polar surface area (TPSA) is 0 Å². The molecule has 0 aliphatic rings. The van der Waals surface area contributed by atoms with E-state index in [-0.39, 0.29) is 0 Å². The van der Waals surface area contributed by atoms with E-state index in [9.17, 15) is 0 Å². The zero-order valence-electron chi connectivity index (χ0n) is 23.7. The van der Waals surface area contributed by atoms with Crippen LogP contribution in [-0.4, -0.2) is 0 Å². The van der Waals surface area contributed by atoms with E-state index in [1.165, 1.54) is 39.0 Å². The van der Waals surface area contributed by atoms with Crippen molar-refractivity contribution in [1.29, 1.82) is 0 Å². The van der Waals surface area contributed by atoms with Crippen molar-refractivity contribution in [2.45, 2.75) is 83.1 Å². The first kappa shape index (κ1) is 32.6. The second-order valence-electron chi connectivity index (χ2n) is 9.87. The second-order valence-corrected chi connectivity index (χ2v) is 9.87. The lowest BCUT2D eigenvalue weighted by Gasteiger charge is -2.11. The van der Waals surface area contributed by atoms with Crippen LogP contribution in [-0.2, 0) is 0 Å². The molecular formula is C33H50. The highest BCUT2D eigenvalue weighted by Gasteiger charge is 2.04. The molecule has 0 saturated carbocycles. The highest BCUT2D eigenvalue weighted by molar-refractivity contribution is 5.73. The van der Waals surface area contributed by atoms with E-state index in [2.05, 4.69) is 124 Å². The molecule has 0 saturated heterocycles. The van der Waals surface area contributed by atoms with Gasteiger partial charge in [0.25, 0.3) is 0 Å². The Hall–Kier alpha value is -2.60. The molecule has 2 aromatic carbocycles. The Bertz CT molecular complexity index is 888. The van der Waals surface area contributed by atoms with Gasteiger partial charge in [0.1, 0.15) is 0 Å². The lowest BCUT2D eigenvalue weighted by atomic mass is 9.94. The van der Waals surface area contributed by atoms with Crippen LogP contribution < -0.4 is 0 Å². The summed E-state index contributed by atoms with van der Waals surface area (Å²) in [6.45, 7) is 33.1. The van der Waals surface area contributed by atoms with Crippen LogP contribution in [0.1, 0.15) is 90.1 Å². The van der Waals surface area contributed by atoms with Gasteiger partial charge in [-0.3, -0.25) is 0 Å². The molecule has 0 bridgehead atoms. The Morgan fingerprint density at radius 1 is 0.818 bits per heavy atom. The van der Waals surface area contributed by atoms with Gasteiger partial charge in [0.15, 0.2) is 0 Å². The SMILES string of the molecule is C=C/C=C\C(C)=C(/C)c1ccc(C(=C)C)cc1C.CC.CC(C)(C)C.Cc1cccc(C)c1. The molecule has 0 spiro atoms. The van der Waals surface area contributed by atoms with Crippen molar-refractivity contribution in [3.8, 4) is 0 Å². The van der Waals surface area contributed by atoms with E-state index in [1.807, 2.05) is 26.8 Å². The van der Waals surface area contributed by atoms with Crippen LogP contribution in [0.3, 0.4) is 0 Å². The molecular weight excluding hydrogens is 396 g/mol. The van der Waals surface area contributed by atoms with Crippen LogP contribution in [0.15, 0.2) is 79.4 Å². The zero-order chi connectivity index (χ0) is 26.2. The summed E-state index contributed by atoms with van der Waals surface area (Å²) in [6.07, 6.45) is 5.86. The maximum Gasteiger partial charge on any atom is -0.0195 e. The largest absolute Gasteiger partial charge is 0.0991 e. The highest BCUT2D eigenvalue weighted by atomic mass is 14.1. The smallest absolute Gasteiger partial charge is 0.0195 e. The van der Waals surface area contributed by atoms with Gasteiger partial charge < -0.3 is 0 Å². The van der Waals surface area contributed by atoms with E-state index >= 15 is 0 Å². The maximum atomic E-state index is 3.98.